The van der Waals surface area contributed by atoms with Gasteiger partial charge in [-0.3, -0.25) is 4.79 Å². The van der Waals surface area contributed by atoms with Crippen LogP contribution < -0.4 is 16.0 Å². The molecule has 1 heterocycles. The van der Waals surface area contributed by atoms with Crippen LogP contribution in [0.15, 0.2) is 29.3 Å². The Morgan fingerprint density at radius 1 is 1.24 bits per heavy atom. The van der Waals surface area contributed by atoms with Crippen molar-refractivity contribution in [1.82, 2.24) is 20.9 Å². The van der Waals surface area contributed by atoms with E-state index in [0.717, 1.165) is 35.2 Å². The smallest absolute Gasteiger partial charge is 0.251 e. The lowest BCUT2D eigenvalue weighted by Crippen LogP contribution is -2.36. The van der Waals surface area contributed by atoms with Gasteiger partial charge in [0.25, 0.3) is 5.91 Å². The number of hydrogen-bond acceptors (Lipinski definition) is 4. The minimum absolute atomic E-state index is 0. The van der Waals surface area contributed by atoms with Gasteiger partial charge < -0.3 is 16.0 Å². The molecule has 0 bridgehead atoms. The summed E-state index contributed by atoms with van der Waals surface area (Å²) in [4.78, 5) is 22.7. The summed E-state index contributed by atoms with van der Waals surface area (Å²) >= 11 is 1.70. The van der Waals surface area contributed by atoms with E-state index in [9.17, 15) is 4.79 Å². The SMILES string of the molecule is CCNC(=NCc1cccc(C(=O)NC(C)CC)c1)NCc1sc(C)nc1C.I. The van der Waals surface area contributed by atoms with Gasteiger partial charge in [0.15, 0.2) is 5.96 Å². The van der Waals surface area contributed by atoms with E-state index in [1.165, 1.54) is 4.88 Å². The van der Waals surface area contributed by atoms with Crippen molar-refractivity contribution in [3.8, 4) is 0 Å². The first-order valence-corrected chi connectivity index (χ1v) is 10.6. The number of benzene rings is 1. The highest BCUT2D eigenvalue weighted by Crippen LogP contribution is 2.16. The fourth-order valence-electron chi connectivity index (χ4n) is 2.63. The van der Waals surface area contributed by atoms with E-state index < -0.39 is 0 Å². The molecule has 29 heavy (non-hydrogen) atoms. The molecule has 0 radical (unpaired) electrons. The fourth-order valence-corrected chi connectivity index (χ4v) is 3.51. The van der Waals surface area contributed by atoms with E-state index in [0.29, 0.717) is 18.7 Å². The average molecular weight is 529 g/mol. The van der Waals surface area contributed by atoms with E-state index in [1.807, 2.05) is 52.0 Å². The molecule has 0 saturated carbocycles. The van der Waals surface area contributed by atoms with Gasteiger partial charge in [-0.1, -0.05) is 19.1 Å². The van der Waals surface area contributed by atoms with Gasteiger partial charge in [-0.05, 0) is 51.8 Å². The van der Waals surface area contributed by atoms with Gasteiger partial charge in [0.2, 0.25) is 0 Å². The number of carbonyl (C=O) groups excluding carboxylic acids is 1. The lowest BCUT2D eigenvalue weighted by Gasteiger charge is -2.12. The number of halogens is 1. The highest BCUT2D eigenvalue weighted by molar-refractivity contribution is 14.0. The number of thiazole rings is 1. The molecule has 2 rings (SSSR count). The van der Waals surface area contributed by atoms with Crippen molar-refractivity contribution >= 4 is 47.2 Å². The monoisotopic (exact) mass is 529 g/mol. The summed E-state index contributed by atoms with van der Waals surface area (Å²) in [6.07, 6.45) is 0.909. The van der Waals surface area contributed by atoms with Gasteiger partial charge in [-0.25, -0.2) is 9.98 Å². The lowest BCUT2D eigenvalue weighted by atomic mass is 10.1. The number of aliphatic imine (C=N–C) groups is 1. The number of rotatable bonds is 8. The van der Waals surface area contributed by atoms with Crippen LogP contribution in [0.4, 0.5) is 0 Å². The first kappa shape index (κ1) is 25.4. The summed E-state index contributed by atoms with van der Waals surface area (Å²) in [5.74, 6) is 0.712. The van der Waals surface area contributed by atoms with Crippen LogP contribution in [0.1, 0.15) is 58.7 Å². The molecule has 0 spiro atoms. The van der Waals surface area contributed by atoms with Crippen molar-refractivity contribution in [2.45, 2.75) is 60.2 Å². The Labute approximate surface area is 195 Å². The number of aryl methyl sites for hydroxylation is 2. The summed E-state index contributed by atoms with van der Waals surface area (Å²) < 4.78 is 0. The summed E-state index contributed by atoms with van der Waals surface area (Å²) in [5, 5.41) is 10.7. The van der Waals surface area contributed by atoms with Gasteiger partial charge in [0.1, 0.15) is 0 Å². The molecule has 6 nitrogen and oxygen atoms in total. The van der Waals surface area contributed by atoms with E-state index in [2.05, 4.69) is 32.9 Å². The van der Waals surface area contributed by atoms with Crippen LogP contribution in [0, 0.1) is 13.8 Å². The van der Waals surface area contributed by atoms with Crippen LogP contribution in [0.3, 0.4) is 0 Å². The number of nitrogens with zero attached hydrogens (tertiary/aromatic N) is 2. The van der Waals surface area contributed by atoms with Crippen molar-refractivity contribution in [1.29, 1.82) is 0 Å². The van der Waals surface area contributed by atoms with Gasteiger partial charge in [-0.15, -0.1) is 35.3 Å². The Morgan fingerprint density at radius 3 is 2.62 bits per heavy atom. The van der Waals surface area contributed by atoms with E-state index >= 15 is 0 Å². The van der Waals surface area contributed by atoms with Crippen molar-refractivity contribution < 1.29 is 4.79 Å². The summed E-state index contributed by atoms with van der Waals surface area (Å²) in [5.41, 5.74) is 2.73. The van der Waals surface area contributed by atoms with Gasteiger partial charge in [0.05, 0.1) is 23.8 Å². The number of aromatic nitrogens is 1. The summed E-state index contributed by atoms with van der Waals surface area (Å²) in [7, 11) is 0. The molecular weight excluding hydrogens is 497 g/mol. The maximum atomic E-state index is 12.3. The second-order valence-electron chi connectivity index (χ2n) is 6.77. The normalized spacial score (nSPS) is 12.1. The molecule has 3 N–H and O–H groups in total. The number of guanidine groups is 1. The largest absolute Gasteiger partial charge is 0.357 e. The molecule has 2 aromatic rings. The molecular formula is C21H32IN5OS. The molecule has 8 heteroatoms. The Kier molecular flexibility index (Phi) is 11.2. The molecule has 0 fully saturated rings. The van der Waals surface area contributed by atoms with Crippen molar-refractivity contribution in [3.63, 3.8) is 0 Å². The highest BCUT2D eigenvalue weighted by atomic mass is 127. The van der Waals surface area contributed by atoms with E-state index in [4.69, 9.17) is 0 Å². The number of carbonyl (C=O) groups is 1. The molecule has 1 atom stereocenters. The molecule has 0 saturated heterocycles. The summed E-state index contributed by atoms with van der Waals surface area (Å²) in [6.45, 7) is 12.1. The van der Waals surface area contributed by atoms with Crippen LogP contribution in [-0.2, 0) is 13.1 Å². The zero-order chi connectivity index (χ0) is 20.5. The van der Waals surface area contributed by atoms with Crippen molar-refractivity contribution in [2.75, 3.05) is 6.54 Å². The number of amides is 1. The maximum absolute atomic E-state index is 12.3. The van der Waals surface area contributed by atoms with Gasteiger partial charge in [-0.2, -0.15) is 0 Å². The minimum Gasteiger partial charge on any atom is -0.357 e. The Hall–Kier alpha value is -1.68. The van der Waals surface area contributed by atoms with Crippen LogP contribution >= 0.6 is 35.3 Å². The van der Waals surface area contributed by atoms with Crippen LogP contribution in [0.5, 0.6) is 0 Å². The molecule has 1 aromatic heterocycles. The second-order valence-corrected chi connectivity index (χ2v) is 8.06. The Morgan fingerprint density at radius 2 is 2.00 bits per heavy atom. The Balaban J connectivity index is 0.00000420. The quantitative estimate of drug-likeness (QED) is 0.273. The molecule has 1 unspecified atom stereocenters. The minimum atomic E-state index is -0.0405. The number of nitrogens with one attached hydrogen (secondary N) is 3. The van der Waals surface area contributed by atoms with Crippen LogP contribution in [0.2, 0.25) is 0 Å². The maximum Gasteiger partial charge on any atom is 0.251 e. The van der Waals surface area contributed by atoms with Crippen molar-refractivity contribution in [2.24, 2.45) is 4.99 Å². The zero-order valence-electron chi connectivity index (χ0n) is 17.8. The predicted octanol–water partition coefficient (Wildman–Crippen LogP) is 4.16. The zero-order valence-corrected chi connectivity index (χ0v) is 21.0. The fraction of sp³-hybridized carbons (Fsp3) is 0.476. The first-order chi connectivity index (χ1) is 13.4. The topological polar surface area (TPSA) is 78.4 Å². The van der Waals surface area contributed by atoms with Crippen LogP contribution in [-0.4, -0.2) is 29.4 Å². The molecule has 160 valence electrons. The predicted molar refractivity (Wildman–Crippen MR) is 132 cm³/mol. The lowest BCUT2D eigenvalue weighted by molar-refractivity contribution is 0.0939. The molecule has 1 amide bonds. The molecule has 0 aliphatic rings. The second kappa shape index (κ2) is 12.8. The molecule has 0 aliphatic carbocycles. The van der Waals surface area contributed by atoms with E-state index in [-0.39, 0.29) is 35.9 Å². The van der Waals surface area contributed by atoms with Crippen LogP contribution in [0.25, 0.3) is 0 Å². The first-order valence-electron chi connectivity index (χ1n) is 9.77. The van der Waals surface area contributed by atoms with Gasteiger partial charge >= 0.3 is 0 Å². The van der Waals surface area contributed by atoms with Crippen molar-refractivity contribution in [3.05, 3.63) is 51.0 Å². The molecule has 1 aromatic carbocycles. The third kappa shape index (κ3) is 8.30. The molecule has 0 aliphatic heterocycles. The Bertz CT molecular complexity index is 821. The third-order valence-electron chi connectivity index (χ3n) is 4.36. The number of hydrogen-bond donors (Lipinski definition) is 3. The van der Waals surface area contributed by atoms with E-state index in [1.54, 1.807) is 11.3 Å². The average Bonchev–Trinajstić information content (AvgIpc) is 3.01. The summed E-state index contributed by atoms with van der Waals surface area (Å²) in [6, 6.07) is 7.80. The standard InChI is InChI=1S/C21H31N5OS.HI/c1-6-14(3)25-20(27)18-10-8-9-17(11-18)12-23-21(22-7-2)24-13-19-15(4)26-16(5)28-19;/h8-11,14H,6-7,12-13H2,1-5H3,(H,25,27)(H2,22,23,24);1H. The van der Waals surface area contributed by atoms with Gasteiger partial charge in [0, 0.05) is 23.0 Å². The highest BCUT2D eigenvalue weighted by Gasteiger charge is 2.09. The third-order valence-corrected chi connectivity index (χ3v) is 5.43.